The van der Waals surface area contributed by atoms with E-state index in [0.717, 1.165) is 38.2 Å². The van der Waals surface area contributed by atoms with Crippen LogP contribution in [0.4, 0.5) is 0 Å². The van der Waals surface area contributed by atoms with Gasteiger partial charge < -0.3 is 9.47 Å². The number of hydrogen-bond acceptors (Lipinski definition) is 4. The van der Waals surface area contributed by atoms with Crippen molar-refractivity contribution in [2.24, 2.45) is 5.92 Å². The first kappa shape index (κ1) is 12.5. The molecule has 2 atom stereocenters. The quantitative estimate of drug-likeness (QED) is 0.773. The lowest BCUT2D eigenvalue weighted by Crippen LogP contribution is -2.34. The largest absolute Gasteiger partial charge is 0.488 e. The maximum Gasteiger partial charge on any atom is 0.310 e. The molecule has 102 valence electrons. The topological polar surface area (TPSA) is 38.8 Å². The molecule has 0 amide bonds. The average molecular weight is 261 g/mol. The highest BCUT2D eigenvalue weighted by molar-refractivity contribution is 5.72. The SMILES string of the molecule is COC(=O)C1CCN(CC2Cc3ccccc3O2)C1. The van der Waals surface area contributed by atoms with Crippen LogP contribution in [0.5, 0.6) is 5.75 Å². The van der Waals surface area contributed by atoms with E-state index in [-0.39, 0.29) is 18.0 Å². The van der Waals surface area contributed by atoms with Gasteiger partial charge in [0.2, 0.25) is 0 Å². The van der Waals surface area contributed by atoms with E-state index in [1.165, 1.54) is 12.7 Å². The van der Waals surface area contributed by atoms with Gasteiger partial charge in [-0.05, 0) is 24.6 Å². The molecule has 1 saturated heterocycles. The summed E-state index contributed by atoms with van der Waals surface area (Å²) in [6.45, 7) is 2.64. The molecule has 0 radical (unpaired) electrons. The van der Waals surface area contributed by atoms with E-state index in [0.29, 0.717) is 0 Å². The summed E-state index contributed by atoms with van der Waals surface area (Å²) in [6, 6.07) is 8.20. The second-order valence-corrected chi connectivity index (χ2v) is 5.32. The minimum atomic E-state index is -0.0851. The molecule has 2 aliphatic heterocycles. The van der Waals surface area contributed by atoms with Crippen LogP contribution in [0.3, 0.4) is 0 Å². The third-order valence-corrected chi connectivity index (χ3v) is 3.98. The van der Waals surface area contributed by atoms with Gasteiger partial charge in [0, 0.05) is 19.5 Å². The molecule has 4 heteroatoms. The molecule has 2 heterocycles. The van der Waals surface area contributed by atoms with Crippen molar-refractivity contribution in [2.75, 3.05) is 26.7 Å². The normalized spacial score (nSPS) is 25.9. The van der Waals surface area contributed by atoms with Gasteiger partial charge in [0.1, 0.15) is 11.9 Å². The van der Waals surface area contributed by atoms with Crippen molar-refractivity contribution in [3.63, 3.8) is 0 Å². The predicted octanol–water partition coefficient (Wildman–Crippen LogP) is 1.48. The molecule has 1 fully saturated rings. The molecule has 0 N–H and O–H groups in total. The van der Waals surface area contributed by atoms with Crippen LogP contribution >= 0.6 is 0 Å². The van der Waals surface area contributed by atoms with E-state index in [2.05, 4.69) is 11.0 Å². The van der Waals surface area contributed by atoms with Crippen molar-refractivity contribution in [1.29, 1.82) is 0 Å². The van der Waals surface area contributed by atoms with Crippen LogP contribution in [0.15, 0.2) is 24.3 Å². The Kier molecular flexibility index (Phi) is 3.42. The molecule has 4 nitrogen and oxygen atoms in total. The number of benzene rings is 1. The van der Waals surface area contributed by atoms with Crippen LogP contribution in [0.25, 0.3) is 0 Å². The van der Waals surface area contributed by atoms with Gasteiger partial charge in [-0.25, -0.2) is 0 Å². The smallest absolute Gasteiger partial charge is 0.310 e. The molecule has 1 aromatic carbocycles. The first-order chi connectivity index (χ1) is 9.26. The Morgan fingerprint density at radius 1 is 1.47 bits per heavy atom. The van der Waals surface area contributed by atoms with Crippen molar-refractivity contribution < 1.29 is 14.3 Å². The van der Waals surface area contributed by atoms with Crippen molar-refractivity contribution in [1.82, 2.24) is 4.90 Å². The summed E-state index contributed by atoms with van der Waals surface area (Å²) >= 11 is 0. The van der Waals surface area contributed by atoms with Crippen molar-refractivity contribution in [3.8, 4) is 5.75 Å². The van der Waals surface area contributed by atoms with Crippen LogP contribution in [0.1, 0.15) is 12.0 Å². The van der Waals surface area contributed by atoms with Gasteiger partial charge in [-0.2, -0.15) is 0 Å². The Balaban J connectivity index is 1.53. The number of nitrogens with zero attached hydrogens (tertiary/aromatic N) is 1. The Morgan fingerprint density at radius 3 is 3.11 bits per heavy atom. The zero-order valence-corrected chi connectivity index (χ0v) is 11.2. The fourth-order valence-corrected chi connectivity index (χ4v) is 3.00. The highest BCUT2D eigenvalue weighted by Crippen LogP contribution is 2.29. The van der Waals surface area contributed by atoms with Gasteiger partial charge in [-0.15, -0.1) is 0 Å². The van der Waals surface area contributed by atoms with E-state index in [1.54, 1.807) is 0 Å². The van der Waals surface area contributed by atoms with Crippen LogP contribution in [-0.4, -0.2) is 43.7 Å². The van der Waals surface area contributed by atoms with Gasteiger partial charge >= 0.3 is 5.97 Å². The van der Waals surface area contributed by atoms with Crippen LogP contribution in [-0.2, 0) is 16.0 Å². The summed E-state index contributed by atoms with van der Waals surface area (Å²) < 4.78 is 10.7. The highest BCUT2D eigenvalue weighted by Gasteiger charge is 2.32. The first-order valence-electron chi connectivity index (χ1n) is 6.81. The molecule has 0 bridgehead atoms. The van der Waals surface area contributed by atoms with E-state index in [1.807, 2.05) is 18.2 Å². The lowest BCUT2D eigenvalue weighted by atomic mass is 10.1. The third kappa shape index (κ3) is 2.59. The Morgan fingerprint density at radius 2 is 2.32 bits per heavy atom. The number of likely N-dealkylation sites (tertiary alicyclic amines) is 1. The maximum atomic E-state index is 11.5. The van der Waals surface area contributed by atoms with E-state index < -0.39 is 0 Å². The van der Waals surface area contributed by atoms with Crippen LogP contribution < -0.4 is 4.74 Å². The van der Waals surface area contributed by atoms with Crippen molar-refractivity contribution in [3.05, 3.63) is 29.8 Å². The minimum Gasteiger partial charge on any atom is -0.488 e. The number of methoxy groups -OCH3 is 1. The van der Waals surface area contributed by atoms with Gasteiger partial charge in [-0.3, -0.25) is 9.69 Å². The molecule has 2 aliphatic rings. The molecule has 0 aliphatic carbocycles. The first-order valence-corrected chi connectivity index (χ1v) is 6.81. The van der Waals surface area contributed by atoms with Gasteiger partial charge in [0.05, 0.1) is 13.0 Å². The van der Waals surface area contributed by atoms with E-state index >= 15 is 0 Å². The molecule has 0 spiro atoms. The Labute approximate surface area is 113 Å². The monoisotopic (exact) mass is 261 g/mol. The zero-order valence-electron chi connectivity index (χ0n) is 11.2. The number of hydrogen-bond donors (Lipinski definition) is 0. The maximum absolute atomic E-state index is 11.5. The molecule has 0 saturated carbocycles. The highest BCUT2D eigenvalue weighted by atomic mass is 16.5. The Bertz CT molecular complexity index is 449. The standard InChI is InChI=1S/C15H19NO3/c1-18-15(17)12-6-7-16(9-12)10-13-8-11-4-2-3-5-14(11)19-13/h2-5,12-13H,6-10H2,1H3. The summed E-state index contributed by atoms with van der Waals surface area (Å²) in [5.74, 6) is 0.961. The van der Waals surface area contributed by atoms with Crippen molar-refractivity contribution >= 4 is 5.97 Å². The van der Waals surface area contributed by atoms with Gasteiger partial charge in [0.15, 0.2) is 0 Å². The lowest BCUT2D eigenvalue weighted by molar-refractivity contribution is -0.144. The number of esters is 1. The van der Waals surface area contributed by atoms with Gasteiger partial charge in [0.25, 0.3) is 0 Å². The van der Waals surface area contributed by atoms with E-state index in [9.17, 15) is 4.79 Å². The molecule has 3 rings (SSSR count). The average Bonchev–Trinajstić information content (AvgIpc) is 3.04. The van der Waals surface area contributed by atoms with Crippen LogP contribution in [0, 0.1) is 5.92 Å². The van der Waals surface area contributed by atoms with Crippen LogP contribution in [0.2, 0.25) is 0 Å². The number of para-hydroxylation sites is 1. The molecule has 0 aromatic heterocycles. The second kappa shape index (κ2) is 5.21. The molecular formula is C15H19NO3. The fourth-order valence-electron chi connectivity index (χ4n) is 3.00. The Hall–Kier alpha value is -1.55. The molecule has 19 heavy (non-hydrogen) atoms. The minimum absolute atomic E-state index is 0.0359. The summed E-state index contributed by atoms with van der Waals surface area (Å²) in [4.78, 5) is 13.8. The van der Waals surface area contributed by atoms with Crippen molar-refractivity contribution in [2.45, 2.75) is 18.9 Å². The number of fused-ring (bicyclic) bond motifs is 1. The number of carbonyl (C=O) groups excluding carboxylic acids is 1. The molecule has 2 unspecified atom stereocenters. The van der Waals surface area contributed by atoms with Gasteiger partial charge in [-0.1, -0.05) is 18.2 Å². The summed E-state index contributed by atoms with van der Waals surface area (Å²) in [7, 11) is 1.46. The molecular weight excluding hydrogens is 242 g/mol. The predicted molar refractivity (Wildman–Crippen MR) is 71.1 cm³/mol. The lowest BCUT2D eigenvalue weighted by Gasteiger charge is -2.19. The zero-order chi connectivity index (χ0) is 13.2. The number of carbonyl (C=O) groups is 1. The number of ether oxygens (including phenoxy) is 2. The van der Waals surface area contributed by atoms with E-state index in [4.69, 9.17) is 9.47 Å². The second-order valence-electron chi connectivity index (χ2n) is 5.32. The summed E-state index contributed by atoms with van der Waals surface area (Å²) in [5.41, 5.74) is 1.29. The molecule has 1 aromatic rings. The number of rotatable bonds is 3. The third-order valence-electron chi connectivity index (χ3n) is 3.98. The fraction of sp³-hybridized carbons (Fsp3) is 0.533. The summed E-state index contributed by atoms with van der Waals surface area (Å²) in [6.07, 6.45) is 2.08. The summed E-state index contributed by atoms with van der Waals surface area (Å²) in [5, 5.41) is 0.